The van der Waals surface area contributed by atoms with Gasteiger partial charge in [-0.05, 0) is 18.1 Å². The Labute approximate surface area is 95.5 Å². The fourth-order valence-electron chi connectivity index (χ4n) is 1.97. The molecule has 0 saturated carbocycles. The fourth-order valence-corrected chi connectivity index (χ4v) is 1.97. The molecule has 1 aromatic heterocycles. The molecule has 16 heavy (non-hydrogen) atoms. The molecule has 86 valence electrons. The van der Waals surface area contributed by atoms with Crippen LogP contribution in [0.2, 0.25) is 0 Å². The summed E-state index contributed by atoms with van der Waals surface area (Å²) in [6.45, 7) is 3.53. The molecule has 1 saturated heterocycles. The predicted octanol–water partition coefficient (Wildman–Crippen LogP) is 0.430. The van der Waals surface area contributed by atoms with Gasteiger partial charge in [0.05, 0.1) is 6.42 Å². The minimum Gasteiger partial charge on any atom is -0.340 e. The average Bonchev–Trinajstić information content (AvgIpc) is 2.61. The van der Waals surface area contributed by atoms with Crippen LogP contribution in [0.1, 0.15) is 12.6 Å². The summed E-state index contributed by atoms with van der Waals surface area (Å²) in [5.41, 5.74) is 6.71. The third kappa shape index (κ3) is 2.39. The highest BCUT2D eigenvalue weighted by atomic mass is 16.2. The number of amides is 1. The lowest BCUT2D eigenvalue weighted by molar-refractivity contribution is -0.129. The highest BCUT2D eigenvalue weighted by Crippen LogP contribution is 2.15. The van der Waals surface area contributed by atoms with E-state index in [0.717, 1.165) is 12.2 Å². The van der Waals surface area contributed by atoms with Crippen molar-refractivity contribution in [2.75, 3.05) is 13.1 Å². The molecule has 1 aliphatic heterocycles. The van der Waals surface area contributed by atoms with E-state index in [0.29, 0.717) is 18.9 Å². The molecular formula is C12H17N3O. The highest BCUT2D eigenvalue weighted by Gasteiger charge is 2.29. The summed E-state index contributed by atoms with van der Waals surface area (Å²) in [7, 11) is 0. The van der Waals surface area contributed by atoms with Gasteiger partial charge in [0, 0.05) is 31.0 Å². The van der Waals surface area contributed by atoms with Gasteiger partial charge in [-0.3, -0.25) is 9.78 Å². The number of nitrogens with zero attached hydrogens (tertiary/aromatic N) is 2. The zero-order valence-corrected chi connectivity index (χ0v) is 9.47. The van der Waals surface area contributed by atoms with E-state index in [1.807, 2.05) is 23.1 Å². The lowest BCUT2D eigenvalue weighted by Gasteiger charge is -2.15. The van der Waals surface area contributed by atoms with E-state index in [1.165, 1.54) is 0 Å². The maximum atomic E-state index is 11.9. The Bertz CT molecular complexity index is 356. The monoisotopic (exact) mass is 219 g/mol. The van der Waals surface area contributed by atoms with Crippen LogP contribution in [0.5, 0.6) is 0 Å². The molecule has 2 unspecified atom stereocenters. The number of aromatic nitrogens is 1. The third-order valence-electron chi connectivity index (χ3n) is 3.08. The number of pyridine rings is 1. The fraction of sp³-hybridized carbons (Fsp3) is 0.500. The van der Waals surface area contributed by atoms with E-state index in [2.05, 4.69) is 11.9 Å². The largest absolute Gasteiger partial charge is 0.340 e. The van der Waals surface area contributed by atoms with Gasteiger partial charge in [-0.2, -0.15) is 0 Å². The molecule has 4 nitrogen and oxygen atoms in total. The summed E-state index contributed by atoms with van der Waals surface area (Å²) in [5, 5.41) is 0. The number of carbonyl (C=O) groups is 1. The molecular weight excluding hydrogens is 202 g/mol. The van der Waals surface area contributed by atoms with Crippen molar-refractivity contribution in [3.63, 3.8) is 0 Å². The van der Waals surface area contributed by atoms with E-state index in [-0.39, 0.29) is 11.9 Å². The van der Waals surface area contributed by atoms with Crippen LogP contribution < -0.4 is 5.73 Å². The molecule has 0 spiro atoms. The lowest BCUT2D eigenvalue weighted by atomic mass is 10.1. The van der Waals surface area contributed by atoms with Crippen molar-refractivity contribution in [1.82, 2.24) is 9.88 Å². The predicted molar refractivity (Wildman–Crippen MR) is 61.7 cm³/mol. The molecule has 2 heterocycles. The quantitative estimate of drug-likeness (QED) is 0.784. The number of nitrogens with two attached hydrogens (primary N) is 1. The molecule has 1 aliphatic rings. The topological polar surface area (TPSA) is 59.2 Å². The SMILES string of the molecule is CC1CN(C(=O)Cc2ccccn2)CC1N. The average molecular weight is 219 g/mol. The Morgan fingerprint density at radius 3 is 2.94 bits per heavy atom. The molecule has 2 atom stereocenters. The smallest absolute Gasteiger partial charge is 0.228 e. The van der Waals surface area contributed by atoms with Gasteiger partial charge in [0.15, 0.2) is 0 Å². The lowest BCUT2D eigenvalue weighted by Crippen LogP contribution is -2.33. The van der Waals surface area contributed by atoms with Crippen molar-refractivity contribution in [3.05, 3.63) is 30.1 Å². The second-order valence-corrected chi connectivity index (χ2v) is 4.44. The molecule has 1 amide bonds. The summed E-state index contributed by atoms with van der Waals surface area (Å²) < 4.78 is 0. The van der Waals surface area contributed by atoms with Crippen LogP contribution in [-0.4, -0.2) is 34.9 Å². The first-order valence-corrected chi connectivity index (χ1v) is 5.60. The van der Waals surface area contributed by atoms with Gasteiger partial charge in [-0.1, -0.05) is 13.0 Å². The second kappa shape index (κ2) is 4.61. The Morgan fingerprint density at radius 1 is 1.56 bits per heavy atom. The van der Waals surface area contributed by atoms with Crippen LogP contribution in [-0.2, 0) is 11.2 Å². The first-order valence-electron chi connectivity index (χ1n) is 5.60. The van der Waals surface area contributed by atoms with Crippen molar-refractivity contribution in [3.8, 4) is 0 Å². The van der Waals surface area contributed by atoms with Crippen LogP contribution >= 0.6 is 0 Å². The number of rotatable bonds is 2. The van der Waals surface area contributed by atoms with Crippen LogP contribution in [0.25, 0.3) is 0 Å². The summed E-state index contributed by atoms with van der Waals surface area (Å²) >= 11 is 0. The molecule has 1 aromatic rings. The van der Waals surface area contributed by atoms with Crippen molar-refractivity contribution < 1.29 is 4.79 Å². The van der Waals surface area contributed by atoms with E-state index in [9.17, 15) is 4.79 Å². The molecule has 0 bridgehead atoms. The van der Waals surface area contributed by atoms with Gasteiger partial charge >= 0.3 is 0 Å². The molecule has 4 heteroatoms. The Hall–Kier alpha value is -1.42. The molecule has 0 radical (unpaired) electrons. The van der Waals surface area contributed by atoms with Crippen molar-refractivity contribution in [2.45, 2.75) is 19.4 Å². The van der Waals surface area contributed by atoms with Gasteiger partial charge < -0.3 is 10.6 Å². The van der Waals surface area contributed by atoms with Gasteiger partial charge in [0.2, 0.25) is 5.91 Å². The molecule has 2 rings (SSSR count). The van der Waals surface area contributed by atoms with E-state index in [4.69, 9.17) is 5.73 Å². The van der Waals surface area contributed by atoms with Gasteiger partial charge in [-0.25, -0.2) is 0 Å². The first kappa shape index (κ1) is 11.1. The summed E-state index contributed by atoms with van der Waals surface area (Å²) in [6.07, 6.45) is 2.08. The maximum absolute atomic E-state index is 11.9. The number of hydrogen-bond donors (Lipinski definition) is 1. The Morgan fingerprint density at radius 2 is 2.38 bits per heavy atom. The maximum Gasteiger partial charge on any atom is 0.228 e. The van der Waals surface area contributed by atoms with Gasteiger partial charge in [0.1, 0.15) is 0 Å². The van der Waals surface area contributed by atoms with Crippen molar-refractivity contribution >= 4 is 5.91 Å². The number of hydrogen-bond acceptors (Lipinski definition) is 3. The van der Waals surface area contributed by atoms with Crippen LogP contribution in [0.15, 0.2) is 24.4 Å². The normalized spacial score (nSPS) is 24.8. The second-order valence-electron chi connectivity index (χ2n) is 4.44. The zero-order valence-electron chi connectivity index (χ0n) is 9.47. The highest BCUT2D eigenvalue weighted by molar-refractivity contribution is 5.78. The minimum absolute atomic E-state index is 0.118. The summed E-state index contributed by atoms with van der Waals surface area (Å²) in [4.78, 5) is 17.9. The van der Waals surface area contributed by atoms with Crippen LogP contribution in [0, 0.1) is 5.92 Å². The summed E-state index contributed by atoms with van der Waals surface area (Å²) in [6, 6.07) is 5.74. The number of likely N-dealkylation sites (tertiary alicyclic amines) is 1. The molecule has 2 N–H and O–H groups in total. The van der Waals surface area contributed by atoms with E-state index >= 15 is 0 Å². The van der Waals surface area contributed by atoms with Crippen molar-refractivity contribution in [1.29, 1.82) is 0 Å². The van der Waals surface area contributed by atoms with E-state index in [1.54, 1.807) is 6.20 Å². The third-order valence-corrected chi connectivity index (χ3v) is 3.08. The Kier molecular flexibility index (Phi) is 3.19. The van der Waals surface area contributed by atoms with Crippen LogP contribution in [0.3, 0.4) is 0 Å². The zero-order chi connectivity index (χ0) is 11.5. The minimum atomic E-state index is 0.118. The summed E-state index contributed by atoms with van der Waals surface area (Å²) in [5.74, 6) is 0.520. The van der Waals surface area contributed by atoms with Crippen LogP contribution in [0.4, 0.5) is 0 Å². The van der Waals surface area contributed by atoms with Gasteiger partial charge in [0.25, 0.3) is 0 Å². The van der Waals surface area contributed by atoms with Crippen molar-refractivity contribution in [2.24, 2.45) is 11.7 Å². The molecule has 0 aromatic carbocycles. The number of carbonyl (C=O) groups excluding carboxylic acids is 1. The Balaban J connectivity index is 1.95. The van der Waals surface area contributed by atoms with E-state index < -0.39 is 0 Å². The first-order chi connectivity index (χ1) is 7.66. The molecule has 1 fully saturated rings. The standard InChI is InChI=1S/C12H17N3O/c1-9-7-15(8-11(9)13)12(16)6-10-4-2-3-5-14-10/h2-5,9,11H,6-8,13H2,1H3. The molecule has 0 aliphatic carbocycles. The van der Waals surface area contributed by atoms with Gasteiger partial charge in [-0.15, -0.1) is 0 Å².